The molecular formula is C21H20O4. The second kappa shape index (κ2) is 6.55. The van der Waals surface area contributed by atoms with E-state index in [1.807, 2.05) is 51.1 Å². The first-order valence-corrected chi connectivity index (χ1v) is 8.14. The predicted octanol–water partition coefficient (Wildman–Crippen LogP) is 4.71. The predicted molar refractivity (Wildman–Crippen MR) is 96.2 cm³/mol. The zero-order chi connectivity index (χ0) is 18.1. The van der Waals surface area contributed by atoms with Crippen LogP contribution in [0.5, 0.6) is 0 Å². The number of furan rings is 1. The smallest absolute Gasteiger partial charge is 0.375 e. The van der Waals surface area contributed by atoms with Gasteiger partial charge in [-0.2, -0.15) is 0 Å². The number of benzene rings is 2. The highest BCUT2D eigenvalue weighted by Gasteiger charge is 2.20. The fraction of sp³-hybridized carbons (Fsp3) is 0.238. The highest BCUT2D eigenvalue weighted by Crippen LogP contribution is 2.25. The molecule has 2 aromatic carbocycles. The van der Waals surface area contributed by atoms with Crippen molar-refractivity contribution in [2.45, 2.75) is 27.7 Å². The number of fused-ring (bicyclic) bond motifs is 1. The normalized spacial score (nSPS) is 10.9. The Morgan fingerprint density at radius 1 is 0.960 bits per heavy atom. The molecule has 1 heterocycles. The summed E-state index contributed by atoms with van der Waals surface area (Å²) >= 11 is 0. The maximum absolute atomic E-state index is 12.4. The Balaban J connectivity index is 1.76. The molecular weight excluding hydrogens is 316 g/mol. The molecule has 0 aliphatic carbocycles. The summed E-state index contributed by atoms with van der Waals surface area (Å²) in [6.45, 7) is 7.33. The quantitative estimate of drug-likeness (QED) is 0.511. The number of carbonyl (C=O) groups excluding carboxylic acids is 2. The van der Waals surface area contributed by atoms with Crippen LogP contribution in [0.3, 0.4) is 0 Å². The number of carbonyl (C=O) groups is 2. The number of ether oxygens (including phenoxy) is 1. The second-order valence-corrected chi connectivity index (χ2v) is 6.30. The minimum absolute atomic E-state index is 0.144. The number of hydrogen-bond donors (Lipinski definition) is 0. The van der Waals surface area contributed by atoms with E-state index in [1.165, 1.54) is 0 Å². The minimum atomic E-state index is -0.622. The first kappa shape index (κ1) is 17.0. The SMILES string of the molecule is Cc1cc(C)c(C(=O)COC(=O)c2oc3ccccc3c2C)cc1C. The average molecular weight is 336 g/mol. The van der Waals surface area contributed by atoms with Gasteiger partial charge in [-0.05, 0) is 56.5 Å². The fourth-order valence-electron chi connectivity index (χ4n) is 2.90. The monoisotopic (exact) mass is 336 g/mol. The molecule has 0 aliphatic heterocycles. The largest absolute Gasteiger partial charge is 0.451 e. The van der Waals surface area contributed by atoms with Crippen molar-refractivity contribution in [2.75, 3.05) is 6.61 Å². The molecule has 3 aromatic rings. The molecule has 0 bridgehead atoms. The molecule has 4 heteroatoms. The Morgan fingerprint density at radius 2 is 1.64 bits per heavy atom. The zero-order valence-corrected chi connectivity index (χ0v) is 14.8. The van der Waals surface area contributed by atoms with Crippen LogP contribution >= 0.6 is 0 Å². The summed E-state index contributed by atoms with van der Waals surface area (Å²) in [7, 11) is 0. The molecule has 3 rings (SSSR count). The van der Waals surface area contributed by atoms with Gasteiger partial charge in [-0.25, -0.2) is 4.79 Å². The second-order valence-electron chi connectivity index (χ2n) is 6.30. The number of aryl methyl sites for hydroxylation is 4. The molecule has 128 valence electrons. The van der Waals surface area contributed by atoms with Crippen molar-refractivity contribution in [2.24, 2.45) is 0 Å². The van der Waals surface area contributed by atoms with E-state index in [1.54, 1.807) is 13.0 Å². The van der Waals surface area contributed by atoms with Crippen LogP contribution in [0, 0.1) is 27.7 Å². The lowest BCUT2D eigenvalue weighted by molar-refractivity contribution is 0.0445. The lowest BCUT2D eigenvalue weighted by Gasteiger charge is -2.09. The summed E-state index contributed by atoms with van der Waals surface area (Å²) in [5.74, 6) is -0.697. The van der Waals surface area contributed by atoms with Gasteiger partial charge in [-0.15, -0.1) is 0 Å². The highest BCUT2D eigenvalue weighted by molar-refractivity contribution is 6.01. The van der Waals surface area contributed by atoms with Gasteiger partial charge in [0, 0.05) is 16.5 Å². The number of para-hydroxylation sites is 1. The van der Waals surface area contributed by atoms with Crippen LogP contribution in [0.25, 0.3) is 11.0 Å². The van der Waals surface area contributed by atoms with Gasteiger partial charge in [0.05, 0.1) is 0 Å². The third kappa shape index (κ3) is 3.20. The summed E-state index contributed by atoms with van der Waals surface area (Å²) < 4.78 is 10.8. The van der Waals surface area contributed by atoms with E-state index in [9.17, 15) is 9.59 Å². The van der Waals surface area contributed by atoms with Crippen LogP contribution in [0.2, 0.25) is 0 Å². The summed E-state index contributed by atoms with van der Waals surface area (Å²) in [5.41, 5.74) is 4.97. The van der Waals surface area contributed by atoms with Gasteiger partial charge in [0.15, 0.2) is 6.61 Å². The van der Waals surface area contributed by atoms with Crippen LogP contribution < -0.4 is 0 Å². The van der Waals surface area contributed by atoms with Crippen molar-refractivity contribution >= 4 is 22.7 Å². The number of esters is 1. The topological polar surface area (TPSA) is 56.5 Å². The molecule has 0 spiro atoms. The van der Waals surface area contributed by atoms with Gasteiger partial charge in [-0.3, -0.25) is 4.79 Å². The van der Waals surface area contributed by atoms with Crippen LogP contribution in [-0.2, 0) is 4.74 Å². The first-order valence-electron chi connectivity index (χ1n) is 8.14. The van der Waals surface area contributed by atoms with E-state index in [4.69, 9.17) is 9.15 Å². The number of Topliss-reactive ketones (excluding diaryl/α,β-unsaturated/α-hetero) is 1. The third-order valence-corrected chi connectivity index (χ3v) is 4.50. The molecule has 0 fully saturated rings. The molecule has 1 aromatic heterocycles. The fourth-order valence-corrected chi connectivity index (χ4v) is 2.90. The molecule has 25 heavy (non-hydrogen) atoms. The molecule has 0 saturated heterocycles. The van der Waals surface area contributed by atoms with Crippen LogP contribution in [-0.4, -0.2) is 18.4 Å². The molecule has 0 unspecified atom stereocenters. The molecule has 0 saturated carbocycles. The molecule has 0 N–H and O–H groups in total. The molecule has 0 amide bonds. The lowest BCUT2D eigenvalue weighted by Crippen LogP contribution is -2.15. The Hall–Kier alpha value is -2.88. The van der Waals surface area contributed by atoms with Gasteiger partial charge < -0.3 is 9.15 Å². The van der Waals surface area contributed by atoms with Gasteiger partial charge >= 0.3 is 5.97 Å². The van der Waals surface area contributed by atoms with E-state index in [-0.39, 0.29) is 18.2 Å². The molecule has 0 atom stereocenters. The Labute approximate surface area is 146 Å². The molecule has 0 aliphatic rings. The third-order valence-electron chi connectivity index (χ3n) is 4.50. The van der Waals surface area contributed by atoms with Crippen LogP contribution in [0.15, 0.2) is 40.8 Å². The van der Waals surface area contributed by atoms with Gasteiger partial charge in [0.2, 0.25) is 11.5 Å². The standard InChI is InChI=1S/C21H20O4/c1-12-9-14(3)17(10-13(12)2)18(22)11-24-21(23)20-15(4)16-7-5-6-8-19(16)25-20/h5-10H,11H2,1-4H3. The Kier molecular flexibility index (Phi) is 4.45. The Morgan fingerprint density at radius 3 is 2.36 bits per heavy atom. The van der Waals surface area contributed by atoms with Gasteiger partial charge in [0.25, 0.3) is 0 Å². The van der Waals surface area contributed by atoms with Gasteiger partial charge in [-0.1, -0.05) is 24.3 Å². The summed E-state index contributed by atoms with van der Waals surface area (Å²) in [6, 6.07) is 11.2. The van der Waals surface area contributed by atoms with Crippen molar-refractivity contribution < 1.29 is 18.7 Å². The van der Waals surface area contributed by atoms with Crippen molar-refractivity contribution in [3.63, 3.8) is 0 Å². The minimum Gasteiger partial charge on any atom is -0.451 e. The van der Waals surface area contributed by atoms with Gasteiger partial charge in [0.1, 0.15) is 5.58 Å². The van der Waals surface area contributed by atoms with E-state index >= 15 is 0 Å². The van der Waals surface area contributed by atoms with E-state index in [2.05, 4.69) is 0 Å². The van der Waals surface area contributed by atoms with E-state index in [0.717, 1.165) is 27.6 Å². The summed E-state index contributed by atoms with van der Waals surface area (Å²) in [6.07, 6.45) is 0. The maximum Gasteiger partial charge on any atom is 0.375 e. The highest BCUT2D eigenvalue weighted by atomic mass is 16.5. The summed E-state index contributed by atoms with van der Waals surface area (Å²) in [5, 5.41) is 0.866. The summed E-state index contributed by atoms with van der Waals surface area (Å²) in [4.78, 5) is 24.7. The average Bonchev–Trinajstić information content (AvgIpc) is 2.93. The van der Waals surface area contributed by atoms with Crippen LogP contribution in [0.1, 0.15) is 43.2 Å². The van der Waals surface area contributed by atoms with Crippen molar-refractivity contribution in [1.29, 1.82) is 0 Å². The first-order chi connectivity index (χ1) is 11.9. The van der Waals surface area contributed by atoms with Crippen LogP contribution in [0.4, 0.5) is 0 Å². The van der Waals surface area contributed by atoms with E-state index < -0.39 is 5.97 Å². The Bertz CT molecular complexity index is 979. The maximum atomic E-state index is 12.4. The zero-order valence-electron chi connectivity index (χ0n) is 14.8. The molecule has 4 nitrogen and oxygen atoms in total. The lowest BCUT2D eigenvalue weighted by atomic mass is 9.98. The van der Waals surface area contributed by atoms with Crippen molar-refractivity contribution in [1.82, 2.24) is 0 Å². The number of ketones is 1. The van der Waals surface area contributed by atoms with E-state index in [0.29, 0.717) is 11.1 Å². The molecule has 0 radical (unpaired) electrons. The number of rotatable bonds is 4. The van der Waals surface area contributed by atoms with Crippen molar-refractivity contribution in [3.05, 3.63) is 70.0 Å². The number of hydrogen-bond acceptors (Lipinski definition) is 4. The van der Waals surface area contributed by atoms with Crippen molar-refractivity contribution in [3.8, 4) is 0 Å².